The minimum absolute atomic E-state index is 0.0922. The number of benzene rings is 1. The number of likely N-dealkylation sites (N-methyl/N-ethyl adjacent to an activating group) is 1. The van der Waals surface area contributed by atoms with E-state index < -0.39 is 0 Å². The highest BCUT2D eigenvalue weighted by Crippen LogP contribution is 2.30. The number of ketones is 1. The molecule has 29 heavy (non-hydrogen) atoms. The highest BCUT2D eigenvalue weighted by molar-refractivity contribution is 7.20. The molecule has 3 aromatic rings. The second kappa shape index (κ2) is 9.57. The van der Waals surface area contributed by atoms with Gasteiger partial charge in [0.1, 0.15) is 4.83 Å². The fraction of sp³-hybridized carbons (Fsp3) is 0.435. The number of nitrogens with zero attached hydrogens (tertiary/aromatic N) is 3. The van der Waals surface area contributed by atoms with Gasteiger partial charge >= 0.3 is 0 Å². The van der Waals surface area contributed by atoms with Crippen molar-refractivity contribution in [3.63, 3.8) is 0 Å². The zero-order valence-corrected chi connectivity index (χ0v) is 18.9. The van der Waals surface area contributed by atoms with Gasteiger partial charge in [-0.25, -0.2) is 0 Å². The van der Waals surface area contributed by atoms with Gasteiger partial charge in [0.15, 0.2) is 0 Å². The molecule has 0 unspecified atom stereocenters. The molecule has 0 fully saturated rings. The summed E-state index contributed by atoms with van der Waals surface area (Å²) in [6.07, 6.45) is 0. The molecule has 0 aliphatic carbocycles. The maximum Gasteiger partial charge on any atom is 0.203 e. The molecule has 0 atom stereocenters. The Kier molecular flexibility index (Phi) is 7.11. The SMILES string of the molecule is CCOCCN(C)CCn1c(C)cc2cc(C(=O)c3ccc(N(C)C)cc3)sc21. The monoisotopic (exact) mass is 413 g/mol. The number of thiophene rings is 1. The fourth-order valence-electron chi connectivity index (χ4n) is 3.36. The zero-order chi connectivity index (χ0) is 21.0. The Hall–Kier alpha value is -2.15. The molecule has 2 aromatic heterocycles. The molecule has 0 saturated carbocycles. The maximum absolute atomic E-state index is 13.0. The number of aromatic nitrogens is 1. The highest BCUT2D eigenvalue weighted by Gasteiger charge is 2.16. The van der Waals surface area contributed by atoms with E-state index in [9.17, 15) is 4.79 Å². The van der Waals surface area contributed by atoms with E-state index in [0.717, 1.165) is 54.4 Å². The van der Waals surface area contributed by atoms with Crippen molar-refractivity contribution in [3.8, 4) is 0 Å². The molecule has 0 bridgehead atoms. The first kappa shape index (κ1) is 21.6. The molecule has 0 radical (unpaired) electrons. The van der Waals surface area contributed by atoms with Crippen molar-refractivity contribution in [2.75, 3.05) is 52.3 Å². The summed E-state index contributed by atoms with van der Waals surface area (Å²) in [6.45, 7) is 8.45. The average Bonchev–Trinajstić information content (AvgIpc) is 3.23. The summed E-state index contributed by atoms with van der Waals surface area (Å²) in [7, 11) is 6.12. The molecule has 0 aliphatic rings. The minimum Gasteiger partial charge on any atom is -0.380 e. The van der Waals surface area contributed by atoms with E-state index in [4.69, 9.17) is 4.74 Å². The van der Waals surface area contributed by atoms with Crippen LogP contribution in [-0.4, -0.2) is 62.7 Å². The Balaban J connectivity index is 1.74. The van der Waals surface area contributed by atoms with Crippen LogP contribution < -0.4 is 4.90 Å². The van der Waals surface area contributed by atoms with Gasteiger partial charge in [0, 0.05) is 62.7 Å². The van der Waals surface area contributed by atoms with Crippen LogP contribution in [0.3, 0.4) is 0 Å². The van der Waals surface area contributed by atoms with Gasteiger partial charge in [-0.1, -0.05) is 0 Å². The summed E-state index contributed by atoms with van der Waals surface area (Å²) in [6, 6.07) is 12.0. The van der Waals surface area contributed by atoms with E-state index in [2.05, 4.69) is 29.5 Å². The second-order valence-electron chi connectivity index (χ2n) is 7.58. The summed E-state index contributed by atoms with van der Waals surface area (Å²) in [4.78, 5) is 19.3. The van der Waals surface area contributed by atoms with Crippen molar-refractivity contribution in [3.05, 3.63) is 52.5 Å². The molecule has 0 spiro atoms. The van der Waals surface area contributed by atoms with Gasteiger partial charge in [0.2, 0.25) is 5.78 Å². The number of hydrogen-bond acceptors (Lipinski definition) is 5. The van der Waals surface area contributed by atoms with Crippen LogP contribution in [0, 0.1) is 6.92 Å². The van der Waals surface area contributed by atoms with Crippen molar-refractivity contribution in [1.82, 2.24) is 9.47 Å². The fourth-order valence-corrected chi connectivity index (χ4v) is 4.55. The Morgan fingerprint density at radius 2 is 1.83 bits per heavy atom. The Labute approximate surface area is 177 Å². The van der Waals surface area contributed by atoms with Crippen molar-refractivity contribution in [1.29, 1.82) is 0 Å². The number of fused-ring (bicyclic) bond motifs is 1. The second-order valence-corrected chi connectivity index (χ2v) is 8.61. The topological polar surface area (TPSA) is 37.7 Å². The smallest absolute Gasteiger partial charge is 0.203 e. The molecule has 0 saturated heterocycles. The van der Waals surface area contributed by atoms with Crippen molar-refractivity contribution >= 4 is 33.0 Å². The lowest BCUT2D eigenvalue weighted by Crippen LogP contribution is -2.27. The van der Waals surface area contributed by atoms with Crippen LogP contribution in [-0.2, 0) is 11.3 Å². The van der Waals surface area contributed by atoms with Gasteiger partial charge in [0.05, 0.1) is 11.5 Å². The molecule has 156 valence electrons. The molecule has 0 aliphatic heterocycles. The normalized spacial score (nSPS) is 11.5. The third kappa shape index (κ3) is 5.07. The molecule has 6 heteroatoms. The number of carbonyl (C=O) groups excluding carboxylic acids is 1. The number of carbonyl (C=O) groups is 1. The number of rotatable bonds is 10. The van der Waals surface area contributed by atoms with Gasteiger partial charge in [-0.05, 0) is 57.3 Å². The van der Waals surface area contributed by atoms with Gasteiger partial charge in [0.25, 0.3) is 0 Å². The number of ether oxygens (including phenoxy) is 1. The van der Waals surface area contributed by atoms with Gasteiger partial charge in [-0.15, -0.1) is 11.3 Å². The van der Waals surface area contributed by atoms with E-state index in [1.807, 2.05) is 56.3 Å². The van der Waals surface area contributed by atoms with Crippen LogP contribution in [0.15, 0.2) is 36.4 Å². The first-order chi connectivity index (χ1) is 13.9. The highest BCUT2D eigenvalue weighted by atomic mass is 32.1. The molecule has 0 N–H and O–H groups in total. The summed E-state index contributed by atoms with van der Waals surface area (Å²) in [5, 5.41) is 1.15. The third-order valence-electron chi connectivity index (χ3n) is 5.17. The van der Waals surface area contributed by atoms with E-state index in [0.29, 0.717) is 0 Å². The van der Waals surface area contributed by atoms with Crippen LogP contribution >= 0.6 is 11.3 Å². The molecular weight excluding hydrogens is 382 g/mol. The Morgan fingerprint density at radius 1 is 1.10 bits per heavy atom. The molecule has 3 rings (SSSR count). The number of anilines is 1. The summed E-state index contributed by atoms with van der Waals surface area (Å²) in [5.41, 5.74) is 3.06. The Bertz CT molecular complexity index is 957. The minimum atomic E-state index is 0.0922. The van der Waals surface area contributed by atoms with Crippen molar-refractivity contribution in [2.24, 2.45) is 0 Å². The van der Waals surface area contributed by atoms with Gasteiger partial charge in [-0.2, -0.15) is 0 Å². The number of aryl methyl sites for hydroxylation is 1. The first-order valence-corrected chi connectivity index (χ1v) is 10.9. The lowest BCUT2D eigenvalue weighted by Gasteiger charge is -2.17. The average molecular weight is 414 g/mol. The van der Waals surface area contributed by atoms with Crippen LogP contribution in [0.1, 0.15) is 27.9 Å². The maximum atomic E-state index is 13.0. The number of hydrogen-bond donors (Lipinski definition) is 0. The van der Waals surface area contributed by atoms with Gasteiger partial charge < -0.3 is 19.1 Å². The largest absolute Gasteiger partial charge is 0.380 e. The molecular formula is C23H31N3O2S. The molecule has 0 amide bonds. The van der Waals surface area contributed by atoms with E-state index >= 15 is 0 Å². The summed E-state index contributed by atoms with van der Waals surface area (Å²) in [5.74, 6) is 0.0922. The predicted molar refractivity (Wildman–Crippen MR) is 123 cm³/mol. The molecule has 1 aromatic carbocycles. The van der Waals surface area contributed by atoms with Crippen molar-refractivity contribution < 1.29 is 9.53 Å². The first-order valence-electron chi connectivity index (χ1n) is 10.1. The quantitative estimate of drug-likeness (QED) is 0.367. The molecule has 2 heterocycles. The summed E-state index contributed by atoms with van der Waals surface area (Å²) < 4.78 is 7.76. The van der Waals surface area contributed by atoms with E-state index in [-0.39, 0.29) is 5.78 Å². The standard InChI is InChI=1S/C23H31N3O2S/c1-6-28-14-13-25(5)11-12-26-17(2)15-19-16-21(29-23(19)26)22(27)18-7-9-20(10-8-18)24(3)4/h7-10,15-16H,6,11-14H2,1-5H3. The lowest BCUT2D eigenvalue weighted by atomic mass is 10.1. The van der Waals surface area contributed by atoms with E-state index in [1.165, 1.54) is 10.5 Å². The third-order valence-corrected chi connectivity index (χ3v) is 6.34. The zero-order valence-electron chi connectivity index (χ0n) is 18.1. The van der Waals surface area contributed by atoms with Crippen LogP contribution in [0.5, 0.6) is 0 Å². The summed E-state index contributed by atoms with van der Waals surface area (Å²) >= 11 is 1.59. The Morgan fingerprint density at radius 3 is 2.48 bits per heavy atom. The van der Waals surface area contributed by atoms with Crippen LogP contribution in [0.25, 0.3) is 10.2 Å². The van der Waals surface area contributed by atoms with Crippen LogP contribution in [0.4, 0.5) is 5.69 Å². The van der Waals surface area contributed by atoms with Crippen molar-refractivity contribution in [2.45, 2.75) is 20.4 Å². The predicted octanol–water partition coefficient (Wildman–Crippen LogP) is 4.28. The lowest BCUT2D eigenvalue weighted by molar-refractivity contribution is 0.104. The van der Waals surface area contributed by atoms with Gasteiger partial charge in [-0.3, -0.25) is 4.79 Å². The van der Waals surface area contributed by atoms with E-state index in [1.54, 1.807) is 11.3 Å². The molecule has 5 nitrogen and oxygen atoms in total. The van der Waals surface area contributed by atoms with Crippen LogP contribution in [0.2, 0.25) is 0 Å².